The number of carbonyl (C=O) groups excluding carboxylic acids is 4. The van der Waals surface area contributed by atoms with Gasteiger partial charge in [-0.1, -0.05) is 26.2 Å². The van der Waals surface area contributed by atoms with Gasteiger partial charge in [0.15, 0.2) is 0 Å². The Morgan fingerprint density at radius 1 is 1.11 bits per heavy atom. The summed E-state index contributed by atoms with van der Waals surface area (Å²) < 4.78 is 64.8. The van der Waals surface area contributed by atoms with E-state index < -0.39 is 75.5 Å². The number of alkyl halides is 2. The van der Waals surface area contributed by atoms with Gasteiger partial charge in [0.25, 0.3) is 11.5 Å². The van der Waals surface area contributed by atoms with Crippen molar-refractivity contribution in [1.82, 2.24) is 30.2 Å². The topological polar surface area (TPSA) is 206 Å². The third-order valence-corrected chi connectivity index (χ3v) is 13.7. The first kappa shape index (κ1) is 40.3. The lowest BCUT2D eigenvalue weighted by atomic mass is 9.96. The number of rotatable bonds is 18. The van der Waals surface area contributed by atoms with Crippen LogP contribution in [0.15, 0.2) is 23.0 Å². The van der Waals surface area contributed by atoms with E-state index in [1.54, 1.807) is 6.07 Å². The number of H-pyrrole nitrogens is 1. The molecule has 1 aromatic carbocycles. The van der Waals surface area contributed by atoms with E-state index in [1.165, 1.54) is 11.8 Å². The highest BCUT2D eigenvalue weighted by Crippen LogP contribution is 2.49. The standard InChI is InChI=1S/C37H50F2N6O9S/c1-4-21-13-16-45(30(21)33(48)43-37(19-24(37)31(38)39)34(49)44-55(51,52)36(3)14-15-36)29(46)20-40-35(50)54-28-17-22(28)9-7-6-8-10-26-32(47)42-27-18-23(53-5-2)11-12-25(27)41-26/h11-12,18,21-22,24,28,30-31H,4-10,13-17,19-20H2,1-3H3,(H,40,50)(H,42,47)(H,43,48)(H,44,49)/t21-,22-,24+,28-,30+,37-/m1/s1. The molecule has 4 N–H and O–H groups in total. The van der Waals surface area contributed by atoms with Crippen molar-refractivity contribution in [3.05, 3.63) is 34.2 Å². The summed E-state index contributed by atoms with van der Waals surface area (Å²) in [5.41, 5.74) is -0.544. The van der Waals surface area contributed by atoms with Crippen molar-refractivity contribution in [2.24, 2.45) is 17.8 Å². The van der Waals surface area contributed by atoms with Gasteiger partial charge >= 0.3 is 6.09 Å². The van der Waals surface area contributed by atoms with E-state index in [-0.39, 0.29) is 30.0 Å². The Kier molecular flexibility index (Phi) is 11.7. The molecule has 4 aliphatic rings. The number of carbonyl (C=O) groups is 4. The maximum Gasteiger partial charge on any atom is 0.407 e. The van der Waals surface area contributed by atoms with Crippen LogP contribution in [-0.4, -0.2) is 95.7 Å². The zero-order chi connectivity index (χ0) is 39.7. The zero-order valence-corrected chi connectivity index (χ0v) is 32.1. The van der Waals surface area contributed by atoms with Crippen LogP contribution in [0.2, 0.25) is 0 Å². The van der Waals surface area contributed by atoms with Crippen molar-refractivity contribution in [3.8, 4) is 5.75 Å². The Morgan fingerprint density at radius 3 is 2.55 bits per heavy atom. The van der Waals surface area contributed by atoms with Crippen LogP contribution >= 0.6 is 0 Å². The lowest BCUT2D eigenvalue weighted by Crippen LogP contribution is -2.59. The number of halogens is 2. The van der Waals surface area contributed by atoms with Crippen molar-refractivity contribution < 1.29 is 45.9 Å². The quantitative estimate of drug-likeness (QED) is 0.162. The second kappa shape index (κ2) is 16.0. The van der Waals surface area contributed by atoms with E-state index in [4.69, 9.17) is 9.47 Å². The van der Waals surface area contributed by atoms with E-state index in [1.807, 2.05) is 30.7 Å². The number of fused-ring (bicyclic) bond motifs is 1. The number of ether oxygens (including phenoxy) is 2. The molecular formula is C37H50F2N6O9S. The van der Waals surface area contributed by atoms with Crippen LogP contribution in [0.25, 0.3) is 11.0 Å². The molecular weight excluding hydrogens is 743 g/mol. The van der Waals surface area contributed by atoms with Gasteiger partial charge in [0.2, 0.25) is 28.3 Å². The van der Waals surface area contributed by atoms with Crippen LogP contribution in [0.3, 0.4) is 0 Å². The largest absolute Gasteiger partial charge is 0.494 e. The molecule has 1 aliphatic heterocycles. The normalized spacial score (nSPS) is 26.4. The number of nitrogens with zero attached hydrogens (tertiary/aromatic N) is 2. The van der Waals surface area contributed by atoms with Crippen LogP contribution in [0.5, 0.6) is 5.75 Å². The number of aromatic nitrogens is 2. The molecule has 6 rings (SSSR count). The molecule has 55 heavy (non-hydrogen) atoms. The molecule has 0 unspecified atom stereocenters. The highest BCUT2D eigenvalue weighted by molar-refractivity contribution is 7.91. The SMILES string of the molecule is CCOc1ccc2nc(CCCCC[C@@H]3C[C@H]3OC(=O)NCC(=O)N3CC[C@@H](CC)[C@H]3C(=O)N[C@]3(C(=O)NS(=O)(=O)C4(C)CC4)C[C@H]3C(F)F)c(=O)[nH]c2c1. The molecule has 3 saturated carbocycles. The third kappa shape index (κ3) is 8.88. The monoisotopic (exact) mass is 792 g/mol. The predicted octanol–water partition coefficient (Wildman–Crippen LogP) is 3.31. The molecule has 0 spiro atoms. The number of hydrogen-bond donors (Lipinski definition) is 4. The summed E-state index contributed by atoms with van der Waals surface area (Å²) in [6.07, 6.45) is 1.63. The number of likely N-dealkylation sites (tertiary alicyclic amines) is 1. The van der Waals surface area contributed by atoms with E-state index in [0.717, 1.165) is 25.7 Å². The van der Waals surface area contributed by atoms with Gasteiger partial charge in [0, 0.05) is 12.6 Å². The molecule has 1 aromatic heterocycles. The molecule has 2 aromatic rings. The summed E-state index contributed by atoms with van der Waals surface area (Å²) >= 11 is 0. The number of benzene rings is 1. The maximum absolute atomic E-state index is 13.8. The molecule has 2 heterocycles. The van der Waals surface area contributed by atoms with Crippen LogP contribution in [0.4, 0.5) is 13.6 Å². The molecule has 0 radical (unpaired) electrons. The molecule has 4 amide bonds. The second-order valence-corrected chi connectivity index (χ2v) is 17.7. The minimum absolute atomic E-state index is 0.168. The summed E-state index contributed by atoms with van der Waals surface area (Å²) in [6.45, 7) is 5.38. The molecule has 15 nitrogen and oxygen atoms in total. The number of aromatic amines is 1. The Bertz CT molecular complexity index is 1970. The van der Waals surface area contributed by atoms with Crippen molar-refractivity contribution in [3.63, 3.8) is 0 Å². The molecule has 18 heteroatoms. The molecule has 4 fully saturated rings. The number of aryl methyl sites for hydroxylation is 1. The Balaban J connectivity index is 0.930. The van der Waals surface area contributed by atoms with Crippen LogP contribution in [0.1, 0.15) is 90.7 Å². The third-order valence-electron chi connectivity index (χ3n) is 11.6. The number of nitrogens with one attached hydrogen (secondary N) is 4. The van der Waals surface area contributed by atoms with Crippen molar-refractivity contribution in [1.29, 1.82) is 0 Å². The van der Waals surface area contributed by atoms with Gasteiger partial charge in [0.1, 0.15) is 35.7 Å². The fourth-order valence-electron chi connectivity index (χ4n) is 7.55. The number of unbranched alkanes of at least 4 members (excludes halogenated alkanes) is 2. The highest BCUT2D eigenvalue weighted by atomic mass is 32.2. The lowest BCUT2D eigenvalue weighted by molar-refractivity contribution is -0.140. The zero-order valence-electron chi connectivity index (χ0n) is 31.3. The van der Waals surface area contributed by atoms with E-state index in [9.17, 15) is 41.2 Å². The van der Waals surface area contributed by atoms with Crippen molar-refractivity contribution >= 4 is 44.9 Å². The second-order valence-electron chi connectivity index (χ2n) is 15.5. The highest BCUT2D eigenvalue weighted by Gasteiger charge is 2.67. The average molecular weight is 793 g/mol. The molecule has 1 saturated heterocycles. The fourth-order valence-corrected chi connectivity index (χ4v) is 8.86. The summed E-state index contributed by atoms with van der Waals surface area (Å²) in [5, 5.41) is 4.86. The summed E-state index contributed by atoms with van der Waals surface area (Å²) in [7, 11) is -4.15. The first-order valence-electron chi connectivity index (χ1n) is 19.2. The molecule has 302 valence electrons. The van der Waals surface area contributed by atoms with Gasteiger partial charge < -0.3 is 30.0 Å². The van der Waals surface area contributed by atoms with Gasteiger partial charge in [-0.2, -0.15) is 0 Å². The first-order chi connectivity index (χ1) is 26.1. The van der Waals surface area contributed by atoms with Crippen LogP contribution in [-0.2, 0) is 35.6 Å². The Labute approximate surface area is 318 Å². The van der Waals surface area contributed by atoms with Crippen molar-refractivity contribution in [2.45, 2.75) is 120 Å². The summed E-state index contributed by atoms with van der Waals surface area (Å²) in [5.74, 6) is -3.70. The van der Waals surface area contributed by atoms with Gasteiger partial charge in [0.05, 0.1) is 28.3 Å². The lowest BCUT2D eigenvalue weighted by Gasteiger charge is -2.29. The van der Waals surface area contributed by atoms with Crippen molar-refractivity contribution in [2.75, 3.05) is 19.7 Å². The molecule has 3 aliphatic carbocycles. The smallest absolute Gasteiger partial charge is 0.407 e. The van der Waals surface area contributed by atoms with Crippen LogP contribution < -0.4 is 25.7 Å². The maximum atomic E-state index is 13.8. The van der Waals surface area contributed by atoms with Crippen LogP contribution in [0, 0.1) is 17.8 Å². The predicted molar refractivity (Wildman–Crippen MR) is 196 cm³/mol. The van der Waals surface area contributed by atoms with E-state index in [2.05, 4.69) is 20.6 Å². The number of amides is 4. The molecule has 0 bridgehead atoms. The Hall–Kier alpha value is -4.35. The summed E-state index contributed by atoms with van der Waals surface area (Å²) in [4.78, 5) is 73.8. The first-order valence-corrected chi connectivity index (χ1v) is 20.7. The van der Waals surface area contributed by atoms with Gasteiger partial charge in [-0.15, -0.1) is 0 Å². The number of alkyl carbamates (subject to hydrolysis) is 1. The Morgan fingerprint density at radius 2 is 1.87 bits per heavy atom. The van der Waals surface area contributed by atoms with Gasteiger partial charge in [-0.05, 0) is 89.2 Å². The average Bonchev–Trinajstić information content (AvgIpc) is 4.09. The van der Waals surface area contributed by atoms with E-state index >= 15 is 0 Å². The minimum atomic E-state index is -4.15. The minimum Gasteiger partial charge on any atom is -0.494 e. The van der Waals surface area contributed by atoms with Gasteiger partial charge in [-0.3, -0.25) is 23.9 Å². The summed E-state index contributed by atoms with van der Waals surface area (Å²) in [6, 6.07) is 4.29. The number of hydrogen-bond acceptors (Lipinski definition) is 10. The molecule has 6 atom stereocenters. The van der Waals surface area contributed by atoms with Gasteiger partial charge in [-0.25, -0.2) is 27.0 Å². The fraction of sp³-hybridized carbons (Fsp3) is 0.676. The number of sulfonamides is 1. The van der Waals surface area contributed by atoms with E-state index in [0.29, 0.717) is 67.6 Å².